The molecule has 0 aliphatic rings. The number of hydrogen-bond acceptors (Lipinski definition) is 4. The molecule has 5 heteroatoms. The van der Waals surface area contributed by atoms with E-state index in [2.05, 4.69) is 22.9 Å². The van der Waals surface area contributed by atoms with Gasteiger partial charge in [0.15, 0.2) is 5.78 Å². The maximum atomic E-state index is 12.2. The van der Waals surface area contributed by atoms with Gasteiger partial charge in [-0.15, -0.1) is 0 Å². The average molecular weight is 299 g/mol. The smallest absolute Gasteiger partial charge is 0.237 e. The molecular weight excluding hydrogens is 266 g/mol. The number of carbonyl (C=O) groups is 2. The van der Waals surface area contributed by atoms with Crippen LogP contribution in [0, 0.1) is 0 Å². The minimum absolute atomic E-state index is 0.0458. The second kappa shape index (κ2) is 12.8. The van der Waals surface area contributed by atoms with Crippen molar-refractivity contribution in [2.24, 2.45) is 0 Å². The maximum Gasteiger partial charge on any atom is 0.237 e. The molecule has 0 saturated heterocycles. The molecule has 0 aromatic carbocycles. The fourth-order valence-electron chi connectivity index (χ4n) is 2.30. The summed E-state index contributed by atoms with van der Waals surface area (Å²) >= 11 is 0. The van der Waals surface area contributed by atoms with Crippen LogP contribution in [0.25, 0.3) is 0 Å². The van der Waals surface area contributed by atoms with Crippen molar-refractivity contribution in [3.63, 3.8) is 0 Å². The molecule has 0 aliphatic heterocycles. The summed E-state index contributed by atoms with van der Waals surface area (Å²) in [6.07, 6.45) is 6.76. The van der Waals surface area contributed by atoms with Gasteiger partial charge in [0.05, 0.1) is 12.1 Å². The fraction of sp³-hybridized carbons (Fsp3) is 0.875. The lowest BCUT2D eigenvalue weighted by Gasteiger charge is -2.21. The molecule has 0 spiro atoms. The summed E-state index contributed by atoms with van der Waals surface area (Å²) in [6, 6.07) is -0.549. The second-order valence-electron chi connectivity index (χ2n) is 5.61. The summed E-state index contributed by atoms with van der Waals surface area (Å²) in [5.41, 5.74) is 0. The quantitative estimate of drug-likeness (QED) is 0.452. The van der Waals surface area contributed by atoms with Crippen LogP contribution >= 0.6 is 0 Å². The Kier molecular flexibility index (Phi) is 12.2. The van der Waals surface area contributed by atoms with E-state index in [1.807, 2.05) is 7.05 Å². The van der Waals surface area contributed by atoms with Crippen LogP contribution in [0.3, 0.4) is 0 Å². The number of likely N-dealkylation sites (N-methyl/N-ethyl adjacent to an activating group) is 1. The lowest BCUT2D eigenvalue weighted by Crippen LogP contribution is -2.48. The first kappa shape index (κ1) is 20.1. The number of nitrogens with one attached hydrogen (secondary N) is 3. The first-order valence-corrected chi connectivity index (χ1v) is 8.19. The van der Waals surface area contributed by atoms with Crippen LogP contribution in [0.5, 0.6) is 0 Å². The van der Waals surface area contributed by atoms with E-state index in [-0.39, 0.29) is 23.8 Å². The van der Waals surface area contributed by atoms with Crippen LogP contribution in [0.15, 0.2) is 0 Å². The second-order valence-corrected chi connectivity index (χ2v) is 5.61. The number of rotatable bonds is 13. The Balaban J connectivity index is 4.25. The van der Waals surface area contributed by atoms with E-state index < -0.39 is 0 Å². The summed E-state index contributed by atoms with van der Waals surface area (Å²) in [7, 11) is 3.72. The van der Waals surface area contributed by atoms with Gasteiger partial charge in [-0.25, -0.2) is 0 Å². The van der Waals surface area contributed by atoms with Crippen LogP contribution in [-0.4, -0.2) is 44.4 Å². The molecule has 0 rings (SSSR count). The van der Waals surface area contributed by atoms with Crippen LogP contribution in [-0.2, 0) is 9.59 Å². The molecule has 0 fully saturated rings. The third-order valence-electron chi connectivity index (χ3n) is 3.74. The molecule has 0 aliphatic carbocycles. The third kappa shape index (κ3) is 9.58. The lowest BCUT2D eigenvalue weighted by atomic mass is 10.0. The van der Waals surface area contributed by atoms with Gasteiger partial charge in [-0.1, -0.05) is 32.6 Å². The Morgan fingerprint density at radius 3 is 2.10 bits per heavy atom. The van der Waals surface area contributed by atoms with Gasteiger partial charge in [-0.2, -0.15) is 0 Å². The van der Waals surface area contributed by atoms with E-state index in [0.29, 0.717) is 0 Å². The zero-order valence-electron chi connectivity index (χ0n) is 14.1. The molecular formula is C16H33N3O2. The molecule has 0 radical (unpaired) electrons. The first-order chi connectivity index (χ1) is 10.1. The van der Waals surface area contributed by atoms with Crippen LogP contribution in [0.1, 0.15) is 58.8 Å². The van der Waals surface area contributed by atoms with Gasteiger partial charge in [0.1, 0.15) is 0 Å². The average Bonchev–Trinajstić information content (AvgIpc) is 2.46. The number of ketones is 1. The first-order valence-electron chi connectivity index (χ1n) is 8.19. The Morgan fingerprint density at radius 1 is 0.952 bits per heavy atom. The van der Waals surface area contributed by atoms with Gasteiger partial charge in [0, 0.05) is 0 Å². The van der Waals surface area contributed by atoms with Gasteiger partial charge in [0.25, 0.3) is 0 Å². The zero-order chi connectivity index (χ0) is 16.1. The van der Waals surface area contributed by atoms with Crippen LogP contribution < -0.4 is 16.0 Å². The number of unbranched alkanes of at least 4 members (excludes halogenated alkanes) is 3. The predicted octanol–water partition coefficient (Wildman–Crippen LogP) is 1.62. The molecule has 2 unspecified atom stereocenters. The van der Waals surface area contributed by atoms with Gasteiger partial charge in [0.2, 0.25) is 5.91 Å². The van der Waals surface area contributed by atoms with Crippen molar-refractivity contribution in [3.8, 4) is 0 Å². The van der Waals surface area contributed by atoms with Crippen molar-refractivity contribution in [2.75, 3.05) is 20.6 Å². The van der Waals surface area contributed by atoms with Crippen molar-refractivity contribution in [1.29, 1.82) is 0 Å². The summed E-state index contributed by atoms with van der Waals surface area (Å²) in [5, 5.41) is 9.05. The van der Waals surface area contributed by atoms with E-state index >= 15 is 0 Å². The van der Waals surface area contributed by atoms with E-state index in [1.54, 1.807) is 14.0 Å². The SMILES string of the molecule is CCCCCC(NC(=O)C(CCCCNC)NC)C(C)=O. The highest BCUT2D eigenvalue weighted by atomic mass is 16.2. The molecule has 0 heterocycles. The Bertz CT molecular complexity index is 295. The molecule has 1 amide bonds. The van der Waals surface area contributed by atoms with Crippen LogP contribution in [0.4, 0.5) is 0 Å². The fourth-order valence-corrected chi connectivity index (χ4v) is 2.30. The van der Waals surface area contributed by atoms with Crippen LogP contribution in [0.2, 0.25) is 0 Å². The monoisotopic (exact) mass is 299 g/mol. The van der Waals surface area contributed by atoms with E-state index in [0.717, 1.165) is 51.5 Å². The van der Waals surface area contributed by atoms with Gasteiger partial charge in [-0.05, 0) is 46.8 Å². The van der Waals surface area contributed by atoms with Crippen molar-refractivity contribution in [3.05, 3.63) is 0 Å². The Labute approximate surface area is 129 Å². The number of amides is 1. The molecule has 21 heavy (non-hydrogen) atoms. The molecule has 3 N–H and O–H groups in total. The summed E-state index contributed by atoms with van der Waals surface area (Å²) in [6.45, 7) is 4.65. The summed E-state index contributed by atoms with van der Waals surface area (Å²) in [4.78, 5) is 23.9. The standard InChI is InChI=1S/C16H33N3O2/c1-5-6-7-10-14(13(2)20)19-16(21)15(18-4)11-8-9-12-17-3/h14-15,17-18H,5-12H2,1-4H3,(H,19,21). The minimum atomic E-state index is -0.336. The Morgan fingerprint density at radius 2 is 1.57 bits per heavy atom. The highest BCUT2D eigenvalue weighted by Crippen LogP contribution is 2.06. The van der Waals surface area contributed by atoms with E-state index in [9.17, 15) is 9.59 Å². The van der Waals surface area contributed by atoms with E-state index in [4.69, 9.17) is 0 Å². The molecule has 5 nitrogen and oxygen atoms in total. The molecule has 0 bridgehead atoms. The third-order valence-corrected chi connectivity index (χ3v) is 3.74. The highest BCUT2D eigenvalue weighted by Gasteiger charge is 2.21. The van der Waals surface area contributed by atoms with E-state index in [1.165, 1.54) is 0 Å². The van der Waals surface area contributed by atoms with Gasteiger partial charge < -0.3 is 16.0 Å². The topological polar surface area (TPSA) is 70.2 Å². The highest BCUT2D eigenvalue weighted by molar-refractivity contribution is 5.89. The summed E-state index contributed by atoms with van der Waals surface area (Å²) in [5.74, 6) is -0.0110. The summed E-state index contributed by atoms with van der Waals surface area (Å²) < 4.78 is 0. The van der Waals surface area contributed by atoms with Crippen molar-refractivity contribution in [2.45, 2.75) is 70.9 Å². The van der Waals surface area contributed by atoms with Crippen molar-refractivity contribution in [1.82, 2.24) is 16.0 Å². The van der Waals surface area contributed by atoms with Crippen molar-refractivity contribution < 1.29 is 9.59 Å². The maximum absolute atomic E-state index is 12.2. The number of hydrogen-bond donors (Lipinski definition) is 3. The molecule has 0 aromatic heterocycles. The molecule has 0 saturated carbocycles. The minimum Gasteiger partial charge on any atom is -0.345 e. The molecule has 0 aromatic rings. The number of carbonyl (C=O) groups excluding carboxylic acids is 2. The normalized spacial score (nSPS) is 13.7. The largest absolute Gasteiger partial charge is 0.345 e. The van der Waals surface area contributed by atoms with Gasteiger partial charge >= 0.3 is 0 Å². The lowest BCUT2D eigenvalue weighted by molar-refractivity contribution is -0.128. The van der Waals surface area contributed by atoms with Gasteiger partial charge in [-0.3, -0.25) is 9.59 Å². The molecule has 2 atom stereocenters. The predicted molar refractivity (Wildman–Crippen MR) is 87.4 cm³/mol. The zero-order valence-corrected chi connectivity index (χ0v) is 14.1. The Hall–Kier alpha value is -0.940. The number of Topliss-reactive ketones (excluding diaryl/α,β-unsaturated/α-hetero) is 1. The van der Waals surface area contributed by atoms with Crippen molar-refractivity contribution >= 4 is 11.7 Å². The molecule has 124 valence electrons.